The fraction of sp³-hybridized carbons (Fsp3) is 0.588. The van der Waals surface area contributed by atoms with E-state index < -0.39 is 0 Å². The average molecular weight is 256 g/mol. The SMILES string of the molecule is CC(C)CN(Cc1ccc(C#N)cc1)C1CCCC1. The van der Waals surface area contributed by atoms with Gasteiger partial charge in [0.2, 0.25) is 0 Å². The van der Waals surface area contributed by atoms with Gasteiger partial charge in [0.1, 0.15) is 0 Å². The van der Waals surface area contributed by atoms with E-state index in [1.54, 1.807) is 0 Å². The van der Waals surface area contributed by atoms with Gasteiger partial charge < -0.3 is 0 Å². The Balaban J connectivity index is 2.03. The third-order valence-corrected chi connectivity index (χ3v) is 3.91. The van der Waals surface area contributed by atoms with Crippen molar-refractivity contribution in [3.63, 3.8) is 0 Å². The molecule has 0 N–H and O–H groups in total. The summed E-state index contributed by atoms with van der Waals surface area (Å²) in [4.78, 5) is 2.64. The van der Waals surface area contributed by atoms with E-state index in [9.17, 15) is 0 Å². The number of nitriles is 1. The smallest absolute Gasteiger partial charge is 0.0991 e. The summed E-state index contributed by atoms with van der Waals surface area (Å²) in [5, 5.41) is 8.84. The number of rotatable bonds is 5. The van der Waals surface area contributed by atoms with E-state index in [1.165, 1.54) is 37.8 Å². The topological polar surface area (TPSA) is 27.0 Å². The average Bonchev–Trinajstić information content (AvgIpc) is 2.92. The zero-order valence-corrected chi connectivity index (χ0v) is 12.1. The summed E-state index contributed by atoms with van der Waals surface area (Å²) in [5.74, 6) is 0.707. The van der Waals surface area contributed by atoms with Crippen LogP contribution in [0.5, 0.6) is 0 Å². The molecular formula is C17H24N2. The van der Waals surface area contributed by atoms with Crippen LogP contribution in [-0.4, -0.2) is 17.5 Å². The third-order valence-electron chi connectivity index (χ3n) is 3.91. The van der Waals surface area contributed by atoms with Gasteiger partial charge in [0.25, 0.3) is 0 Å². The molecule has 0 aliphatic heterocycles. The van der Waals surface area contributed by atoms with E-state index in [0.29, 0.717) is 5.92 Å². The van der Waals surface area contributed by atoms with Crippen LogP contribution in [0.25, 0.3) is 0 Å². The zero-order chi connectivity index (χ0) is 13.7. The Labute approximate surface area is 117 Å². The Morgan fingerprint density at radius 3 is 2.37 bits per heavy atom. The van der Waals surface area contributed by atoms with Gasteiger partial charge in [0, 0.05) is 19.1 Å². The largest absolute Gasteiger partial charge is 0.296 e. The van der Waals surface area contributed by atoms with Crippen LogP contribution in [0, 0.1) is 17.2 Å². The molecule has 1 fully saturated rings. The number of benzene rings is 1. The molecular weight excluding hydrogens is 232 g/mol. The molecule has 19 heavy (non-hydrogen) atoms. The summed E-state index contributed by atoms with van der Waals surface area (Å²) < 4.78 is 0. The molecule has 102 valence electrons. The highest BCUT2D eigenvalue weighted by molar-refractivity contribution is 5.31. The lowest BCUT2D eigenvalue weighted by atomic mass is 10.1. The Kier molecular flexibility index (Phi) is 4.99. The minimum atomic E-state index is 0.707. The van der Waals surface area contributed by atoms with Gasteiger partial charge in [-0.2, -0.15) is 5.26 Å². The molecule has 0 bridgehead atoms. The Bertz CT molecular complexity index is 422. The number of hydrogen-bond donors (Lipinski definition) is 0. The van der Waals surface area contributed by atoms with Gasteiger partial charge >= 0.3 is 0 Å². The standard InChI is InChI=1S/C17H24N2/c1-14(2)12-19(17-5-3-4-6-17)13-16-9-7-15(11-18)8-10-16/h7-10,14,17H,3-6,12-13H2,1-2H3. The van der Waals surface area contributed by atoms with E-state index in [0.717, 1.165) is 18.2 Å². The summed E-state index contributed by atoms with van der Waals surface area (Å²) in [7, 11) is 0. The summed E-state index contributed by atoms with van der Waals surface area (Å²) in [5.41, 5.74) is 2.08. The van der Waals surface area contributed by atoms with E-state index in [1.807, 2.05) is 12.1 Å². The lowest BCUT2D eigenvalue weighted by Crippen LogP contribution is -2.35. The molecule has 0 unspecified atom stereocenters. The second-order valence-electron chi connectivity index (χ2n) is 6.07. The van der Waals surface area contributed by atoms with Crippen molar-refractivity contribution >= 4 is 0 Å². The molecule has 0 spiro atoms. The first kappa shape index (κ1) is 14.1. The lowest BCUT2D eigenvalue weighted by Gasteiger charge is -2.30. The second-order valence-corrected chi connectivity index (χ2v) is 6.07. The van der Waals surface area contributed by atoms with Crippen LogP contribution in [0.3, 0.4) is 0 Å². The van der Waals surface area contributed by atoms with Gasteiger partial charge in [0.15, 0.2) is 0 Å². The minimum absolute atomic E-state index is 0.707. The monoisotopic (exact) mass is 256 g/mol. The van der Waals surface area contributed by atoms with Crippen LogP contribution in [-0.2, 0) is 6.54 Å². The maximum Gasteiger partial charge on any atom is 0.0991 e. The fourth-order valence-corrected chi connectivity index (χ4v) is 3.00. The Hall–Kier alpha value is -1.33. The van der Waals surface area contributed by atoms with E-state index in [4.69, 9.17) is 5.26 Å². The predicted octanol–water partition coefficient (Wildman–Crippen LogP) is 3.96. The molecule has 0 amide bonds. The molecule has 2 nitrogen and oxygen atoms in total. The van der Waals surface area contributed by atoms with Crippen molar-refractivity contribution in [1.82, 2.24) is 4.90 Å². The second kappa shape index (κ2) is 6.73. The summed E-state index contributed by atoms with van der Waals surface area (Å²) >= 11 is 0. The molecule has 0 atom stereocenters. The first-order chi connectivity index (χ1) is 9.19. The lowest BCUT2D eigenvalue weighted by molar-refractivity contribution is 0.168. The number of hydrogen-bond acceptors (Lipinski definition) is 2. The maximum absolute atomic E-state index is 8.84. The predicted molar refractivity (Wildman–Crippen MR) is 78.7 cm³/mol. The van der Waals surface area contributed by atoms with Crippen molar-refractivity contribution in [1.29, 1.82) is 5.26 Å². The van der Waals surface area contributed by atoms with Crippen molar-refractivity contribution in [2.75, 3.05) is 6.54 Å². The van der Waals surface area contributed by atoms with Crippen LogP contribution in [0.15, 0.2) is 24.3 Å². The van der Waals surface area contributed by atoms with Gasteiger partial charge in [-0.25, -0.2) is 0 Å². The van der Waals surface area contributed by atoms with Gasteiger partial charge in [-0.1, -0.05) is 38.8 Å². The van der Waals surface area contributed by atoms with Crippen LogP contribution >= 0.6 is 0 Å². The minimum Gasteiger partial charge on any atom is -0.296 e. The van der Waals surface area contributed by atoms with E-state index >= 15 is 0 Å². The first-order valence-corrected chi connectivity index (χ1v) is 7.42. The summed E-state index contributed by atoms with van der Waals surface area (Å²) in [6, 6.07) is 11.0. The molecule has 0 heterocycles. The van der Waals surface area contributed by atoms with Gasteiger partial charge in [0.05, 0.1) is 11.6 Å². The molecule has 0 aromatic heterocycles. The maximum atomic E-state index is 8.84. The summed E-state index contributed by atoms with van der Waals surface area (Å²) in [6.45, 7) is 6.78. The van der Waals surface area contributed by atoms with Gasteiger partial charge in [-0.3, -0.25) is 4.90 Å². The van der Waals surface area contributed by atoms with Crippen molar-refractivity contribution in [2.45, 2.75) is 52.1 Å². The quantitative estimate of drug-likeness (QED) is 0.797. The molecule has 1 aromatic carbocycles. The molecule has 1 aromatic rings. The third kappa shape index (κ3) is 4.08. The van der Waals surface area contributed by atoms with E-state index in [-0.39, 0.29) is 0 Å². The fourth-order valence-electron chi connectivity index (χ4n) is 3.00. The molecule has 0 saturated heterocycles. The van der Waals surface area contributed by atoms with Crippen LogP contribution < -0.4 is 0 Å². The zero-order valence-electron chi connectivity index (χ0n) is 12.1. The normalized spacial score (nSPS) is 16.2. The molecule has 0 radical (unpaired) electrons. The van der Waals surface area contributed by atoms with Crippen molar-refractivity contribution in [2.24, 2.45) is 5.92 Å². The highest BCUT2D eigenvalue weighted by Crippen LogP contribution is 2.25. The first-order valence-electron chi connectivity index (χ1n) is 7.42. The Morgan fingerprint density at radius 1 is 1.21 bits per heavy atom. The molecule has 1 saturated carbocycles. The van der Waals surface area contributed by atoms with Crippen molar-refractivity contribution in [3.8, 4) is 6.07 Å². The Morgan fingerprint density at radius 2 is 1.84 bits per heavy atom. The van der Waals surface area contributed by atoms with Gasteiger partial charge in [-0.15, -0.1) is 0 Å². The molecule has 1 aliphatic rings. The summed E-state index contributed by atoms with van der Waals surface area (Å²) in [6.07, 6.45) is 5.46. The van der Waals surface area contributed by atoms with Crippen molar-refractivity contribution < 1.29 is 0 Å². The van der Waals surface area contributed by atoms with Crippen LogP contribution in [0.2, 0.25) is 0 Å². The molecule has 1 aliphatic carbocycles. The van der Waals surface area contributed by atoms with Gasteiger partial charge in [-0.05, 0) is 36.5 Å². The molecule has 2 heteroatoms. The highest BCUT2D eigenvalue weighted by atomic mass is 15.2. The van der Waals surface area contributed by atoms with Crippen LogP contribution in [0.4, 0.5) is 0 Å². The van der Waals surface area contributed by atoms with E-state index in [2.05, 4.69) is 36.9 Å². The van der Waals surface area contributed by atoms with Crippen LogP contribution in [0.1, 0.15) is 50.7 Å². The molecule has 2 rings (SSSR count). The van der Waals surface area contributed by atoms with Crippen molar-refractivity contribution in [3.05, 3.63) is 35.4 Å². The highest BCUT2D eigenvalue weighted by Gasteiger charge is 2.23. The number of nitrogens with zero attached hydrogens (tertiary/aromatic N) is 2.